The lowest BCUT2D eigenvalue weighted by Crippen LogP contribution is -2.09. The number of nitrogen functional groups attached to an aromatic ring is 1. The number of rotatable bonds is 3. The van der Waals surface area contributed by atoms with E-state index in [1.807, 2.05) is 0 Å². The summed E-state index contributed by atoms with van der Waals surface area (Å²) in [6, 6.07) is 5.24. The molecule has 2 aromatic carbocycles. The third-order valence-electron chi connectivity index (χ3n) is 4.18. The zero-order valence-corrected chi connectivity index (χ0v) is 16.1. The fourth-order valence-electron chi connectivity index (χ4n) is 3.02. The van der Waals surface area contributed by atoms with Crippen molar-refractivity contribution < 1.29 is 22.6 Å². The molecule has 0 saturated carbocycles. The molecule has 0 amide bonds. The number of nitrogens with zero attached hydrogens (tertiary/aromatic N) is 2. The van der Waals surface area contributed by atoms with Crippen LogP contribution < -0.4 is 20.5 Å². The van der Waals surface area contributed by atoms with Crippen LogP contribution in [0.15, 0.2) is 28.7 Å². The number of hydrogen-bond acceptors (Lipinski definition) is 6. The molecule has 0 radical (unpaired) electrons. The van der Waals surface area contributed by atoms with E-state index in [9.17, 15) is 13.2 Å². The quantitative estimate of drug-likeness (QED) is 0.560. The smallest absolute Gasteiger partial charge is 0.416 e. The van der Waals surface area contributed by atoms with Gasteiger partial charge in [-0.25, -0.2) is 9.97 Å². The fraction of sp³-hybridized carbons (Fsp3) is 0.222. The molecule has 10 heteroatoms. The van der Waals surface area contributed by atoms with E-state index in [1.54, 1.807) is 13.0 Å². The average molecular weight is 455 g/mol. The molecule has 28 heavy (non-hydrogen) atoms. The second-order valence-corrected chi connectivity index (χ2v) is 7.11. The van der Waals surface area contributed by atoms with Crippen molar-refractivity contribution in [3.63, 3.8) is 0 Å². The molecule has 2 heterocycles. The SMILES string of the molecule is Cc1nc(NCc2cc(N)cc(C(F)(F)F)c2)c2cc(Br)c3c(c2n1)OCO3. The molecular formula is C18H14BrF3N4O2. The van der Waals surface area contributed by atoms with Crippen LogP contribution in [-0.2, 0) is 12.7 Å². The lowest BCUT2D eigenvalue weighted by Gasteiger charge is -2.14. The number of halogens is 4. The van der Waals surface area contributed by atoms with Gasteiger partial charge in [-0.1, -0.05) is 0 Å². The summed E-state index contributed by atoms with van der Waals surface area (Å²) in [6.07, 6.45) is -4.47. The number of aryl methyl sites for hydroxylation is 1. The Labute approximate surface area is 166 Å². The number of anilines is 2. The summed E-state index contributed by atoms with van der Waals surface area (Å²) in [5.41, 5.74) is 5.83. The molecule has 1 aromatic heterocycles. The molecule has 3 aromatic rings. The van der Waals surface area contributed by atoms with Crippen LogP contribution in [0, 0.1) is 6.92 Å². The van der Waals surface area contributed by atoms with Crippen LogP contribution in [0.4, 0.5) is 24.7 Å². The van der Waals surface area contributed by atoms with Crippen LogP contribution in [0.3, 0.4) is 0 Å². The average Bonchev–Trinajstić information content (AvgIpc) is 3.10. The van der Waals surface area contributed by atoms with E-state index in [0.29, 0.717) is 44.1 Å². The number of aromatic nitrogens is 2. The second kappa shape index (κ2) is 6.69. The molecule has 0 unspecified atom stereocenters. The first-order valence-corrected chi connectivity index (χ1v) is 8.98. The van der Waals surface area contributed by atoms with Crippen molar-refractivity contribution in [2.75, 3.05) is 17.8 Å². The minimum atomic E-state index is -4.47. The molecule has 6 nitrogen and oxygen atoms in total. The van der Waals surface area contributed by atoms with E-state index in [1.165, 1.54) is 6.07 Å². The molecule has 4 rings (SSSR count). The summed E-state index contributed by atoms with van der Waals surface area (Å²) in [7, 11) is 0. The normalized spacial score (nSPS) is 13.2. The Morgan fingerprint density at radius 3 is 2.64 bits per heavy atom. The molecule has 1 aliphatic heterocycles. The van der Waals surface area contributed by atoms with Gasteiger partial charge in [0.25, 0.3) is 0 Å². The Hall–Kier alpha value is -2.75. The maximum Gasteiger partial charge on any atom is 0.416 e. The molecule has 1 aliphatic rings. The maximum absolute atomic E-state index is 13.0. The monoisotopic (exact) mass is 454 g/mol. The van der Waals surface area contributed by atoms with Gasteiger partial charge in [0.15, 0.2) is 11.5 Å². The fourth-order valence-corrected chi connectivity index (χ4v) is 3.54. The molecule has 0 bridgehead atoms. The standard InChI is InChI=1S/C18H14BrF3N4O2/c1-8-25-14-12(5-13(19)15-16(14)28-7-27-15)17(26-8)24-6-9-2-10(18(20,21)22)4-11(23)3-9/h2-5H,6-7,23H2,1H3,(H,24,25,26). The highest BCUT2D eigenvalue weighted by Crippen LogP contribution is 2.45. The van der Waals surface area contributed by atoms with Crippen LogP contribution in [0.2, 0.25) is 0 Å². The van der Waals surface area contributed by atoms with E-state index < -0.39 is 11.7 Å². The molecule has 0 aliphatic carbocycles. The number of nitrogens with one attached hydrogen (secondary N) is 1. The van der Waals surface area contributed by atoms with Crippen molar-refractivity contribution in [1.82, 2.24) is 9.97 Å². The highest BCUT2D eigenvalue weighted by Gasteiger charge is 2.31. The molecule has 0 spiro atoms. The second-order valence-electron chi connectivity index (χ2n) is 6.25. The van der Waals surface area contributed by atoms with Gasteiger partial charge >= 0.3 is 6.18 Å². The number of nitrogens with two attached hydrogens (primary N) is 1. The highest BCUT2D eigenvalue weighted by atomic mass is 79.9. The lowest BCUT2D eigenvalue weighted by molar-refractivity contribution is -0.137. The Kier molecular flexibility index (Phi) is 4.45. The Bertz CT molecular complexity index is 1090. The summed E-state index contributed by atoms with van der Waals surface area (Å²) in [5, 5.41) is 3.73. The lowest BCUT2D eigenvalue weighted by atomic mass is 10.1. The van der Waals surface area contributed by atoms with Crippen molar-refractivity contribution in [3.05, 3.63) is 45.7 Å². The van der Waals surface area contributed by atoms with Gasteiger partial charge in [0.2, 0.25) is 6.79 Å². The first-order chi connectivity index (χ1) is 13.2. The molecule has 0 atom stereocenters. The number of hydrogen-bond donors (Lipinski definition) is 2. The van der Waals surface area contributed by atoms with E-state index in [4.69, 9.17) is 15.2 Å². The van der Waals surface area contributed by atoms with Gasteiger partial charge in [0.1, 0.15) is 17.2 Å². The van der Waals surface area contributed by atoms with Gasteiger partial charge < -0.3 is 20.5 Å². The predicted molar refractivity (Wildman–Crippen MR) is 101 cm³/mol. The maximum atomic E-state index is 13.0. The van der Waals surface area contributed by atoms with E-state index in [-0.39, 0.29) is 19.0 Å². The van der Waals surface area contributed by atoms with E-state index in [2.05, 4.69) is 31.2 Å². The van der Waals surface area contributed by atoms with Crippen molar-refractivity contribution in [1.29, 1.82) is 0 Å². The minimum absolute atomic E-state index is 0.0430. The van der Waals surface area contributed by atoms with Crippen molar-refractivity contribution in [3.8, 4) is 11.5 Å². The van der Waals surface area contributed by atoms with Gasteiger partial charge in [0, 0.05) is 17.6 Å². The van der Waals surface area contributed by atoms with Crippen LogP contribution in [-0.4, -0.2) is 16.8 Å². The summed E-state index contributed by atoms with van der Waals surface area (Å²) >= 11 is 3.43. The molecule has 3 N–H and O–H groups in total. The third kappa shape index (κ3) is 3.39. The molecule has 146 valence electrons. The molecular weight excluding hydrogens is 441 g/mol. The van der Waals surface area contributed by atoms with Crippen molar-refractivity contribution in [2.45, 2.75) is 19.6 Å². The number of fused-ring (bicyclic) bond motifs is 3. The summed E-state index contributed by atoms with van der Waals surface area (Å²) in [4.78, 5) is 8.80. The van der Waals surface area contributed by atoms with Gasteiger partial charge in [0.05, 0.1) is 10.0 Å². The Balaban J connectivity index is 1.72. The van der Waals surface area contributed by atoms with E-state index in [0.717, 1.165) is 12.1 Å². The molecule has 0 fully saturated rings. The highest BCUT2D eigenvalue weighted by molar-refractivity contribution is 9.10. The van der Waals surface area contributed by atoms with Crippen LogP contribution >= 0.6 is 15.9 Å². The number of benzene rings is 2. The zero-order valence-electron chi connectivity index (χ0n) is 14.5. The summed E-state index contributed by atoms with van der Waals surface area (Å²) in [6.45, 7) is 1.91. The first kappa shape index (κ1) is 18.6. The van der Waals surface area contributed by atoms with Crippen LogP contribution in [0.25, 0.3) is 10.9 Å². The number of ether oxygens (including phenoxy) is 2. The van der Waals surface area contributed by atoms with Crippen molar-refractivity contribution in [2.24, 2.45) is 0 Å². The van der Waals surface area contributed by atoms with Crippen LogP contribution in [0.5, 0.6) is 11.5 Å². The molecule has 0 saturated heterocycles. The van der Waals surface area contributed by atoms with Crippen molar-refractivity contribution >= 4 is 38.3 Å². The zero-order chi connectivity index (χ0) is 20.1. The Morgan fingerprint density at radius 2 is 1.89 bits per heavy atom. The summed E-state index contributed by atoms with van der Waals surface area (Å²) < 4.78 is 50.7. The van der Waals surface area contributed by atoms with Gasteiger partial charge in [-0.15, -0.1) is 0 Å². The first-order valence-electron chi connectivity index (χ1n) is 8.19. The van der Waals surface area contributed by atoms with Gasteiger partial charge in [-0.2, -0.15) is 13.2 Å². The van der Waals surface area contributed by atoms with E-state index >= 15 is 0 Å². The summed E-state index contributed by atoms with van der Waals surface area (Å²) in [5.74, 6) is 2.01. The Morgan fingerprint density at radius 1 is 1.14 bits per heavy atom. The largest absolute Gasteiger partial charge is 0.452 e. The topological polar surface area (TPSA) is 82.3 Å². The number of alkyl halides is 3. The third-order valence-corrected chi connectivity index (χ3v) is 4.76. The predicted octanol–water partition coefficient (Wildman–Crippen LogP) is 4.64. The van der Waals surface area contributed by atoms with Gasteiger partial charge in [-0.3, -0.25) is 0 Å². The van der Waals surface area contributed by atoms with Gasteiger partial charge in [-0.05, 0) is 52.7 Å². The van der Waals surface area contributed by atoms with Crippen LogP contribution in [0.1, 0.15) is 17.0 Å². The minimum Gasteiger partial charge on any atom is -0.452 e.